The van der Waals surface area contributed by atoms with Gasteiger partial charge in [-0.3, -0.25) is 4.79 Å². The number of carbonyl (C=O) groups excluding carboxylic acids is 1. The zero-order valence-electron chi connectivity index (χ0n) is 17.5. The predicted molar refractivity (Wildman–Crippen MR) is 118 cm³/mol. The molecule has 1 aromatic carbocycles. The van der Waals surface area contributed by atoms with Crippen molar-refractivity contribution in [3.8, 4) is 11.3 Å². The standard InChI is InChI=1S/C20H22ClN5O4S/c1-11-9-30-20(2,3)19(27)25(11)15-7-12(5-6-16(15)31(4,28)29)14-8-13(21)17-18(22)23-10-24-26(14)17/h5-8,10-11H,9H2,1-4H3,(H2,22,23,24). The number of hydrogen-bond donors (Lipinski definition) is 1. The van der Waals surface area contributed by atoms with E-state index >= 15 is 0 Å². The van der Waals surface area contributed by atoms with Crippen LogP contribution in [0.15, 0.2) is 35.5 Å². The maximum absolute atomic E-state index is 13.2. The topological polar surface area (TPSA) is 120 Å². The third-order valence-corrected chi connectivity index (χ3v) is 6.74. The van der Waals surface area contributed by atoms with Gasteiger partial charge in [-0.15, -0.1) is 0 Å². The highest BCUT2D eigenvalue weighted by molar-refractivity contribution is 7.90. The van der Waals surface area contributed by atoms with E-state index in [0.717, 1.165) is 6.26 Å². The van der Waals surface area contributed by atoms with Crippen molar-refractivity contribution in [3.05, 3.63) is 35.6 Å². The van der Waals surface area contributed by atoms with Crippen LogP contribution in [0.5, 0.6) is 0 Å². The molecule has 4 rings (SSSR count). The van der Waals surface area contributed by atoms with Gasteiger partial charge in [0.2, 0.25) is 0 Å². The van der Waals surface area contributed by atoms with Crippen LogP contribution in [0, 0.1) is 0 Å². The number of nitrogen functional groups attached to an aromatic ring is 1. The van der Waals surface area contributed by atoms with Gasteiger partial charge in [-0.25, -0.2) is 17.9 Å². The van der Waals surface area contributed by atoms with Gasteiger partial charge in [0, 0.05) is 11.8 Å². The molecule has 3 aromatic rings. The molecule has 164 valence electrons. The maximum atomic E-state index is 13.2. The van der Waals surface area contributed by atoms with E-state index in [1.165, 1.54) is 17.3 Å². The molecule has 0 radical (unpaired) electrons. The zero-order valence-corrected chi connectivity index (χ0v) is 19.0. The molecular weight excluding hydrogens is 442 g/mol. The summed E-state index contributed by atoms with van der Waals surface area (Å²) in [6.07, 6.45) is 2.42. The van der Waals surface area contributed by atoms with Gasteiger partial charge >= 0.3 is 0 Å². The molecule has 1 amide bonds. The molecule has 1 aliphatic heterocycles. The number of aromatic nitrogens is 3. The lowest BCUT2D eigenvalue weighted by molar-refractivity contribution is -0.147. The number of amides is 1. The van der Waals surface area contributed by atoms with E-state index in [1.54, 1.807) is 36.6 Å². The molecule has 1 aliphatic rings. The van der Waals surface area contributed by atoms with Gasteiger partial charge in [0.05, 0.1) is 33.9 Å². The number of nitrogens with two attached hydrogens (primary N) is 1. The first kappa shape index (κ1) is 21.5. The van der Waals surface area contributed by atoms with E-state index in [1.807, 2.05) is 6.92 Å². The Morgan fingerprint density at radius 1 is 1.29 bits per heavy atom. The van der Waals surface area contributed by atoms with Crippen molar-refractivity contribution in [1.29, 1.82) is 0 Å². The van der Waals surface area contributed by atoms with E-state index in [9.17, 15) is 13.2 Å². The second kappa shape index (κ2) is 7.18. The highest BCUT2D eigenvalue weighted by Crippen LogP contribution is 2.38. The molecule has 2 aromatic heterocycles. The smallest absolute Gasteiger partial charge is 0.259 e. The van der Waals surface area contributed by atoms with E-state index < -0.39 is 15.4 Å². The molecule has 1 saturated heterocycles. The summed E-state index contributed by atoms with van der Waals surface area (Å²) in [4.78, 5) is 18.7. The quantitative estimate of drug-likeness (QED) is 0.633. The van der Waals surface area contributed by atoms with Crippen LogP contribution in [0.25, 0.3) is 16.8 Å². The number of morpholine rings is 1. The molecule has 0 spiro atoms. The third-order valence-electron chi connectivity index (χ3n) is 5.31. The van der Waals surface area contributed by atoms with Crippen LogP contribution >= 0.6 is 11.6 Å². The number of fused-ring (bicyclic) bond motifs is 1. The van der Waals surface area contributed by atoms with Gasteiger partial charge in [0.1, 0.15) is 17.4 Å². The van der Waals surface area contributed by atoms with Crippen LogP contribution in [0.1, 0.15) is 20.8 Å². The van der Waals surface area contributed by atoms with Gasteiger partial charge in [-0.2, -0.15) is 5.10 Å². The second-order valence-corrected chi connectivity index (χ2v) is 10.5. The molecule has 2 N–H and O–H groups in total. The number of ether oxygens (including phenoxy) is 1. The van der Waals surface area contributed by atoms with Crippen LogP contribution in [0.3, 0.4) is 0 Å². The SMILES string of the molecule is CC1COC(C)(C)C(=O)N1c1cc(-c2cc(Cl)c3c(N)ncnn23)ccc1S(C)(=O)=O. The van der Waals surface area contributed by atoms with Crippen molar-refractivity contribution in [3.63, 3.8) is 0 Å². The van der Waals surface area contributed by atoms with Crippen molar-refractivity contribution in [2.75, 3.05) is 23.5 Å². The Kier molecular flexibility index (Phi) is 4.99. The van der Waals surface area contributed by atoms with Crippen LogP contribution in [0.2, 0.25) is 5.02 Å². The first-order valence-corrected chi connectivity index (χ1v) is 11.8. The molecule has 0 saturated carbocycles. The summed E-state index contributed by atoms with van der Waals surface area (Å²) < 4.78 is 32.3. The molecule has 31 heavy (non-hydrogen) atoms. The van der Waals surface area contributed by atoms with Gasteiger partial charge in [0.15, 0.2) is 15.7 Å². The highest BCUT2D eigenvalue weighted by atomic mass is 35.5. The van der Waals surface area contributed by atoms with Gasteiger partial charge in [0.25, 0.3) is 5.91 Å². The molecule has 0 bridgehead atoms. The number of nitrogens with zero attached hydrogens (tertiary/aromatic N) is 4. The summed E-state index contributed by atoms with van der Waals surface area (Å²) in [7, 11) is -3.62. The summed E-state index contributed by atoms with van der Waals surface area (Å²) in [6, 6.07) is 6.11. The van der Waals surface area contributed by atoms with Crippen LogP contribution in [0.4, 0.5) is 11.5 Å². The Hall–Kier alpha value is -2.69. The number of carbonyl (C=O) groups is 1. The Morgan fingerprint density at radius 3 is 2.68 bits per heavy atom. The van der Waals surface area contributed by atoms with Crippen molar-refractivity contribution >= 4 is 44.4 Å². The van der Waals surface area contributed by atoms with Crippen molar-refractivity contribution in [1.82, 2.24) is 14.6 Å². The van der Waals surface area contributed by atoms with E-state index in [-0.39, 0.29) is 35.0 Å². The Balaban J connectivity index is 1.97. The van der Waals surface area contributed by atoms with Crippen molar-refractivity contribution < 1.29 is 17.9 Å². The number of halogens is 1. The predicted octanol–water partition coefficient (Wildman–Crippen LogP) is 2.57. The molecule has 3 heterocycles. The number of anilines is 2. The minimum absolute atomic E-state index is 0.0512. The lowest BCUT2D eigenvalue weighted by Crippen LogP contribution is -2.58. The average molecular weight is 464 g/mol. The highest BCUT2D eigenvalue weighted by Gasteiger charge is 2.42. The lowest BCUT2D eigenvalue weighted by Gasteiger charge is -2.42. The first-order chi connectivity index (χ1) is 14.4. The normalized spacial score (nSPS) is 19.2. The lowest BCUT2D eigenvalue weighted by atomic mass is 10.0. The fourth-order valence-corrected chi connectivity index (χ4v) is 4.84. The maximum Gasteiger partial charge on any atom is 0.259 e. The van der Waals surface area contributed by atoms with Crippen LogP contribution in [-0.4, -0.2) is 53.4 Å². The molecule has 1 fully saturated rings. The summed E-state index contributed by atoms with van der Waals surface area (Å²) in [5.41, 5.74) is 6.79. The Labute approximate surface area is 184 Å². The fourth-order valence-electron chi connectivity index (χ4n) is 3.71. The Morgan fingerprint density at radius 2 is 2.00 bits per heavy atom. The van der Waals surface area contributed by atoms with Gasteiger partial charge < -0.3 is 15.4 Å². The summed E-state index contributed by atoms with van der Waals surface area (Å²) in [5.74, 6) is -0.101. The number of sulfone groups is 1. The molecule has 11 heteroatoms. The Bertz CT molecular complexity index is 1320. The van der Waals surface area contributed by atoms with Crippen LogP contribution < -0.4 is 10.6 Å². The molecule has 1 unspecified atom stereocenters. The zero-order chi connectivity index (χ0) is 22.7. The minimum Gasteiger partial charge on any atom is -0.382 e. The summed E-state index contributed by atoms with van der Waals surface area (Å²) in [5, 5.41) is 4.59. The van der Waals surface area contributed by atoms with E-state index in [2.05, 4.69) is 10.1 Å². The monoisotopic (exact) mass is 463 g/mol. The van der Waals surface area contributed by atoms with Crippen molar-refractivity contribution in [2.24, 2.45) is 0 Å². The molecular formula is C20H22ClN5O4S. The van der Waals surface area contributed by atoms with Crippen LogP contribution in [-0.2, 0) is 19.4 Å². The second-order valence-electron chi connectivity index (χ2n) is 8.08. The van der Waals surface area contributed by atoms with E-state index in [0.29, 0.717) is 21.8 Å². The average Bonchev–Trinajstić information content (AvgIpc) is 3.02. The molecule has 0 aliphatic carbocycles. The van der Waals surface area contributed by atoms with E-state index in [4.69, 9.17) is 22.1 Å². The minimum atomic E-state index is -3.62. The number of hydrogen-bond acceptors (Lipinski definition) is 7. The van der Waals surface area contributed by atoms with Gasteiger partial charge in [-0.1, -0.05) is 17.7 Å². The largest absolute Gasteiger partial charge is 0.382 e. The fraction of sp³-hybridized carbons (Fsp3) is 0.350. The summed E-state index contributed by atoms with van der Waals surface area (Å²) in [6.45, 7) is 5.41. The van der Waals surface area contributed by atoms with Crippen molar-refractivity contribution in [2.45, 2.75) is 37.3 Å². The number of rotatable bonds is 3. The summed E-state index contributed by atoms with van der Waals surface area (Å²) >= 11 is 6.35. The molecule has 9 nitrogen and oxygen atoms in total. The third kappa shape index (κ3) is 3.54. The number of benzene rings is 1. The first-order valence-electron chi connectivity index (χ1n) is 9.51. The molecule has 1 atom stereocenters. The van der Waals surface area contributed by atoms with Gasteiger partial charge in [-0.05, 0) is 39.0 Å².